The zero-order chi connectivity index (χ0) is 35.8. The van der Waals surface area contributed by atoms with E-state index in [-0.39, 0.29) is 29.8 Å². The number of rotatable bonds is 8. The highest BCUT2D eigenvalue weighted by Crippen LogP contribution is 2.32. The number of hydrogen-bond donors (Lipinski definition) is 6. The number of nitrogens with zero attached hydrogens (tertiary/aromatic N) is 2. The smallest absolute Gasteiger partial charge is 0.475 e. The number of carboxylic acids is 1. The minimum absolute atomic E-state index is 0.0177. The molecule has 0 spiro atoms. The average molecular weight is 692 g/mol. The number of aryl methyl sites for hydroxylation is 1. The number of aromatic nitrogens is 2. The van der Waals surface area contributed by atoms with E-state index in [1.54, 1.807) is 0 Å². The van der Waals surface area contributed by atoms with Crippen LogP contribution in [0.25, 0.3) is 10.9 Å². The summed E-state index contributed by atoms with van der Waals surface area (Å²) >= 11 is 0. The predicted molar refractivity (Wildman–Crippen MR) is 155 cm³/mol. The minimum atomic E-state index is -5.08. The first kappa shape index (κ1) is 37.0. The van der Waals surface area contributed by atoms with Crippen molar-refractivity contribution < 1.29 is 59.8 Å². The molecule has 13 nitrogen and oxygen atoms in total. The molecule has 2 heterocycles. The Morgan fingerprint density at radius 2 is 1.77 bits per heavy atom. The van der Waals surface area contributed by atoms with Crippen LogP contribution in [-0.4, -0.2) is 84.1 Å². The second kappa shape index (κ2) is 15.4. The number of carboxylic acid groups (broad SMARTS) is 1. The normalized spacial score (nSPS) is 15.2. The van der Waals surface area contributed by atoms with Gasteiger partial charge in [0.2, 0.25) is 5.91 Å². The molecule has 48 heavy (non-hydrogen) atoms. The topological polar surface area (TPSA) is 187 Å². The highest BCUT2D eigenvalue weighted by Gasteiger charge is 2.38. The van der Waals surface area contributed by atoms with Gasteiger partial charge in [0.15, 0.2) is 5.96 Å². The van der Waals surface area contributed by atoms with Crippen LogP contribution in [0.4, 0.5) is 36.4 Å². The van der Waals surface area contributed by atoms with Gasteiger partial charge in [-0.25, -0.2) is 14.2 Å². The Bertz CT molecular complexity index is 1690. The summed E-state index contributed by atoms with van der Waals surface area (Å²) in [6.45, 7) is 0.984. The first-order valence-corrected chi connectivity index (χ1v) is 13.7. The molecular weight excluding hydrogens is 663 g/mol. The van der Waals surface area contributed by atoms with Crippen molar-refractivity contribution >= 4 is 46.3 Å². The number of carbonyl (C=O) groups excluding carboxylic acids is 3. The Morgan fingerprint density at radius 3 is 2.35 bits per heavy atom. The molecule has 2 aromatic carbocycles. The number of guanidine groups is 1. The van der Waals surface area contributed by atoms with Gasteiger partial charge >= 0.3 is 24.3 Å². The number of methoxy groups -OCH3 is 1. The number of aliphatic imine (C=N–C) groups is 1. The van der Waals surface area contributed by atoms with Gasteiger partial charge in [-0.1, -0.05) is 11.6 Å². The third kappa shape index (κ3) is 10.6. The summed E-state index contributed by atoms with van der Waals surface area (Å²) < 4.78 is 89.9. The lowest BCUT2D eigenvalue weighted by Gasteiger charge is -2.21. The third-order valence-corrected chi connectivity index (χ3v) is 6.43. The van der Waals surface area contributed by atoms with E-state index in [1.807, 2.05) is 0 Å². The molecule has 4 rings (SSSR count). The fraction of sp³-hybridized carbons (Fsp3) is 0.357. The van der Waals surface area contributed by atoms with E-state index in [9.17, 15) is 45.1 Å². The summed E-state index contributed by atoms with van der Waals surface area (Å²) in [6.07, 6.45) is -9.72. The quantitative estimate of drug-likeness (QED) is 0.152. The van der Waals surface area contributed by atoms with E-state index >= 15 is 0 Å². The number of H-pyrrole nitrogens is 1. The molecule has 0 saturated heterocycles. The number of alkyl halides is 7. The van der Waals surface area contributed by atoms with Gasteiger partial charge in [-0.2, -0.15) is 31.4 Å². The summed E-state index contributed by atoms with van der Waals surface area (Å²) in [4.78, 5) is 50.6. The van der Waals surface area contributed by atoms with E-state index in [0.717, 1.165) is 19.2 Å². The zero-order valence-corrected chi connectivity index (χ0v) is 25.0. The maximum atomic E-state index is 13.4. The Morgan fingerprint density at radius 1 is 1.08 bits per heavy atom. The van der Waals surface area contributed by atoms with Crippen molar-refractivity contribution in [1.29, 1.82) is 0 Å². The van der Waals surface area contributed by atoms with Gasteiger partial charge in [0.25, 0.3) is 5.91 Å². The van der Waals surface area contributed by atoms with E-state index in [1.165, 1.54) is 31.3 Å². The van der Waals surface area contributed by atoms with Gasteiger partial charge in [-0.05, 0) is 36.8 Å². The fourth-order valence-corrected chi connectivity index (χ4v) is 4.20. The monoisotopic (exact) mass is 691 g/mol. The number of nitrogens with one attached hydrogen (secondary N) is 5. The molecule has 0 radical (unpaired) electrons. The molecule has 0 aliphatic carbocycles. The fourth-order valence-electron chi connectivity index (χ4n) is 4.20. The molecule has 0 saturated carbocycles. The van der Waals surface area contributed by atoms with Crippen LogP contribution in [0.15, 0.2) is 41.5 Å². The maximum Gasteiger partial charge on any atom is 0.490 e. The van der Waals surface area contributed by atoms with Gasteiger partial charge < -0.3 is 31.1 Å². The Labute approximate surface area is 266 Å². The number of hydrogen-bond acceptors (Lipinski definition) is 9. The van der Waals surface area contributed by atoms with Gasteiger partial charge in [0, 0.05) is 10.9 Å². The summed E-state index contributed by atoms with van der Waals surface area (Å²) in [6, 6.07) is 5.11. The zero-order valence-electron chi connectivity index (χ0n) is 25.0. The SMILES string of the molecule is COC(=O)C[C@H](NC(=O)CNC(=O)c1cc(NC2=NCC(F)CN2)c2cn[nH]c2c1)c1cc(C)cc(C(F)(F)F)c1.O=C(O)C(F)(F)F. The minimum Gasteiger partial charge on any atom is -0.475 e. The number of aromatic amines is 1. The van der Waals surface area contributed by atoms with Crippen molar-refractivity contribution in [3.63, 3.8) is 0 Å². The van der Waals surface area contributed by atoms with Crippen LogP contribution in [0.5, 0.6) is 0 Å². The first-order chi connectivity index (χ1) is 22.4. The lowest BCUT2D eigenvalue weighted by Crippen LogP contribution is -2.41. The molecule has 6 N–H and O–H groups in total. The number of anilines is 1. The Balaban J connectivity index is 0.000000804. The second-order valence-corrected chi connectivity index (χ2v) is 10.2. The lowest BCUT2D eigenvalue weighted by molar-refractivity contribution is -0.192. The lowest BCUT2D eigenvalue weighted by atomic mass is 9.98. The molecule has 3 aromatic rings. The van der Waals surface area contributed by atoms with Crippen molar-refractivity contribution in [2.24, 2.45) is 4.99 Å². The van der Waals surface area contributed by atoms with Crippen LogP contribution in [0.1, 0.15) is 39.5 Å². The Kier molecular flexibility index (Phi) is 11.9. The van der Waals surface area contributed by atoms with Crippen LogP contribution in [0.2, 0.25) is 0 Å². The molecule has 20 heteroatoms. The number of amides is 2. The van der Waals surface area contributed by atoms with Crippen molar-refractivity contribution in [2.45, 2.75) is 37.9 Å². The van der Waals surface area contributed by atoms with E-state index in [4.69, 9.17) is 9.90 Å². The average Bonchev–Trinajstić information content (AvgIpc) is 3.49. The number of ether oxygens (including phenoxy) is 1. The number of esters is 1. The third-order valence-electron chi connectivity index (χ3n) is 6.43. The Hall–Kier alpha value is -5.43. The van der Waals surface area contributed by atoms with Crippen LogP contribution in [0, 0.1) is 6.92 Å². The van der Waals surface area contributed by atoms with Gasteiger partial charge in [-0.3, -0.25) is 19.5 Å². The van der Waals surface area contributed by atoms with E-state index in [0.29, 0.717) is 22.5 Å². The van der Waals surface area contributed by atoms with Crippen LogP contribution in [0.3, 0.4) is 0 Å². The molecule has 2 atom stereocenters. The number of aliphatic carboxylic acids is 1. The molecule has 1 aliphatic heterocycles. The summed E-state index contributed by atoms with van der Waals surface area (Å²) in [5.41, 5.74) is 0.514. The summed E-state index contributed by atoms with van der Waals surface area (Å²) in [5, 5.41) is 25.3. The van der Waals surface area contributed by atoms with Crippen LogP contribution < -0.4 is 21.3 Å². The van der Waals surface area contributed by atoms with Crippen molar-refractivity contribution in [1.82, 2.24) is 26.1 Å². The molecule has 1 aliphatic rings. The number of carbonyl (C=O) groups is 4. The molecule has 2 amide bonds. The largest absolute Gasteiger partial charge is 0.490 e. The number of fused-ring (bicyclic) bond motifs is 1. The first-order valence-electron chi connectivity index (χ1n) is 13.7. The molecule has 1 aromatic heterocycles. The number of halogens is 7. The van der Waals surface area contributed by atoms with Crippen LogP contribution >= 0.6 is 0 Å². The predicted octanol–water partition coefficient (Wildman–Crippen LogP) is 3.38. The molecular formula is C28H28F7N7O6. The van der Waals surface area contributed by atoms with Gasteiger partial charge in [-0.15, -0.1) is 0 Å². The highest BCUT2D eigenvalue weighted by atomic mass is 19.4. The highest BCUT2D eigenvalue weighted by molar-refractivity contribution is 6.07. The van der Waals surface area contributed by atoms with Crippen molar-refractivity contribution in [2.75, 3.05) is 32.1 Å². The standard InChI is InChI=1S/C26H27F4N7O4.C2HF3O2/c1-13-3-14(5-16(4-13)26(28,29)30)19(8-23(39)41-2)35-22(38)12-31-24(40)15-6-20(18-11-34-37-21(18)7-15)36-25-32-9-17(27)10-33-25;3-2(4,5)1(6)7/h3-7,11,17,19H,8-10,12H2,1-2H3,(H,31,40)(H,34,37)(H,35,38)(H2,32,33,36);(H,6,7)/t19-;/m0./s1. The summed E-state index contributed by atoms with van der Waals surface area (Å²) in [5.74, 6) is -4.57. The van der Waals surface area contributed by atoms with Crippen molar-refractivity contribution in [3.05, 3.63) is 58.8 Å². The number of benzene rings is 2. The van der Waals surface area contributed by atoms with Gasteiger partial charge in [0.1, 0.15) is 6.17 Å². The second-order valence-electron chi connectivity index (χ2n) is 10.2. The molecule has 260 valence electrons. The molecule has 0 bridgehead atoms. The van der Waals surface area contributed by atoms with Crippen molar-refractivity contribution in [3.8, 4) is 0 Å². The van der Waals surface area contributed by atoms with Crippen LogP contribution in [-0.2, 0) is 25.3 Å². The summed E-state index contributed by atoms with van der Waals surface area (Å²) in [7, 11) is 1.12. The van der Waals surface area contributed by atoms with E-state index in [2.05, 4.69) is 41.2 Å². The maximum absolute atomic E-state index is 13.4. The molecule has 0 fully saturated rings. The molecule has 1 unspecified atom stereocenters. The van der Waals surface area contributed by atoms with Gasteiger partial charge in [0.05, 0.1) is 62.2 Å². The van der Waals surface area contributed by atoms with E-state index < -0.39 is 66.8 Å².